The summed E-state index contributed by atoms with van der Waals surface area (Å²) in [6.07, 6.45) is 4.15. The van der Waals surface area contributed by atoms with Crippen LogP contribution in [0.15, 0.2) is 28.8 Å². The molecule has 3 rings (SSSR count). The molecule has 4 nitrogen and oxygen atoms in total. The van der Waals surface area contributed by atoms with Gasteiger partial charge in [0.1, 0.15) is 5.54 Å². The molecule has 0 saturated heterocycles. The first kappa shape index (κ1) is 14.3. The van der Waals surface area contributed by atoms with E-state index in [1.54, 1.807) is 0 Å². The van der Waals surface area contributed by atoms with Gasteiger partial charge < -0.3 is 10.3 Å². The lowest BCUT2D eigenvalue weighted by molar-refractivity contribution is 0.312. The lowest BCUT2D eigenvalue weighted by Crippen LogP contribution is -2.39. The first-order valence-corrected chi connectivity index (χ1v) is 7.63. The summed E-state index contributed by atoms with van der Waals surface area (Å²) in [6, 6.07) is 8.37. The van der Waals surface area contributed by atoms with Gasteiger partial charge in [-0.25, -0.2) is 0 Å². The second-order valence-electron chi connectivity index (χ2n) is 7.01. The Balaban J connectivity index is 2.09. The predicted octanol–water partition coefficient (Wildman–Crippen LogP) is 3.30. The Morgan fingerprint density at radius 2 is 1.95 bits per heavy atom. The van der Waals surface area contributed by atoms with Crippen molar-refractivity contribution in [1.29, 1.82) is 0 Å². The first-order chi connectivity index (χ1) is 9.91. The third kappa shape index (κ3) is 2.48. The molecule has 0 spiro atoms. The summed E-state index contributed by atoms with van der Waals surface area (Å²) in [5.41, 5.74) is 8.41. The van der Waals surface area contributed by atoms with Gasteiger partial charge in [0.25, 0.3) is 0 Å². The monoisotopic (exact) mass is 285 g/mol. The first-order valence-electron chi connectivity index (χ1n) is 7.63. The Morgan fingerprint density at radius 3 is 2.67 bits per heavy atom. The molecule has 21 heavy (non-hydrogen) atoms. The molecule has 112 valence electrons. The Labute approximate surface area is 125 Å². The summed E-state index contributed by atoms with van der Waals surface area (Å²) < 4.78 is 5.46. The zero-order valence-electron chi connectivity index (χ0n) is 13.0. The van der Waals surface area contributed by atoms with Crippen molar-refractivity contribution in [2.24, 2.45) is 5.73 Å². The fourth-order valence-corrected chi connectivity index (χ4v) is 2.97. The summed E-state index contributed by atoms with van der Waals surface area (Å²) in [5.74, 6) is 1.26. The summed E-state index contributed by atoms with van der Waals surface area (Å²) in [4.78, 5) is 4.61. The zero-order chi connectivity index (χ0) is 15.1. The van der Waals surface area contributed by atoms with E-state index < -0.39 is 5.54 Å². The van der Waals surface area contributed by atoms with Crippen LogP contribution in [0.25, 0.3) is 0 Å². The van der Waals surface area contributed by atoms with Crippen molar-refractivity contribution < 1.29 is 4.52 Å². The van der Waals surface area contributed by atoms with Gasteiger partial charge in [0.2, 0.25) is 5.89 Å². The summed E-state index contributed by atoms with van der Waals surface area (Å²) >= 11 is 0. The summed E-state index contributed by atoms with van der Waals surface area (Å²) in [7, 11) is 0. The SMILES string of the molecule is CC(C)(C)c1nc(C2(N)CCCCc3ccccc32)no1. The highest BCUT2D eigenvalue weighted by Crippen LogP contribution is 2.36. The van der Waals surface area contributed by atoms with E-state index in [0.29, 0.717) is 11.7 Å². The molecule has 0 amide bonds. The fourth-order valence-electron chi connectivity index (χ4n) is 2.97. The minimum absolute atomic E-state index is 0.161. The number of rotatable bonds is 1. The van der Waals surface area contributed by atoms with Crippen LogP contribution in [-0.4, -0.2) is 10.1 Å². The van der Waals surface area contributed by atoms with Crippen LogP contribution in [0.2, 0.25) is 0 Å². The highest BCUT2D eigenvalue weighted by molar-refractivity contribution is 5.39. The highest BCUT2D eigenvalue weighted by atomic mass is 16.5. The van der Waals surface area contributed by atoms with Crippen molar-refractivity contribution in [2.75, 3.05) is 0 Å². The Kier molecular flexibility index (Phi) is 3.36. The number of nitrogens with zero attached hydrogens (tertiary/aromatic N) is 2. The molecular formula is C17H23N3O. The van der Waals surface area contributed by atoms with Crippen LogP contribution in [0.1, 0.15) is 62.9 Å². The second-order valence-corrected chi connectivity index (χ2v) is 7.01. The summed E-state index contributed by atoms with van der Waals surface area (Å²) in [6.45, 7) is 6.19. The van der Waals surface area contributed by atoms with Gasteiger partial charge in [0.05, 0.1) is 0 Å². The molecule has 1 atom stereocenters. The number of benzene rings is 1. The molecule has 1 aliphatic carbocycles. The van der Waals surface area contributed by atoms with E-state index in [-0.39, 0.29) is 5.41 Å². The molecule has 0 saturated carbocycles. The van der Waals surface area contributed by atoms with Crippen LogP contribution in [0.3, 0.4) is 0 Å². The van der Waals surface area contributed by atoms with Gasteiger partial charge in [0, 0.05) is 5.41 Å². The van der Waals surface area contributed by atoms with E-state index in [2.05, 4.69) is 49.1 Å². The van der Waals surface area contributed by atoms with E-state index in [1.807, 2.05) is 6.07 Å². The molecular weight excluding hydrogens is 262 g/mol. The Morgan fingerprint density at radius 1 is 1.19 bits per heavy atom. The van der Waals surface area contributed by atoms with Crippen molar-refractivity contribution in [1.82, 2.24) is 10.1 Å². The van der Waals surface area contributed by atoms with Crippen molar-refractivity contribution in [3.63, 3.8) is 0 Å². The van der Waals surface area contributed by atoms with Gasteiger partial charge in [-0.2, -0.15) is 4.98 Å². The maximum absolute atomic E-state index is 6.76. The molecule has 0 bridgehead atoms. The van der Waals surface area contributed by atoms with E-state index in [4.69, 9.17) is 10.3 Å². The molecule has 4 heteroatoms. The molecule has 1 aromatic carbocycles. The molecule has 1 aliphatic rings. The maximum atomic E-state index is 6.76. The summed E-state index contributed by atoms with van der Waals surface area (Å²) in [5, 5.41) is 4.21. The van der Waals surface area contributed by atoms with Crippen molar-refractivity contribution >= 4 is 0 Å². The van der Waals surface area contributed by atoms with Crippen LogP contribution >= 0.6 is 0 Å². The molecule has 1 heterocycles. The second kappa shape index (κ2) is 4.95. The number of nitrogens with two attached hydrogens (primary N) is 1. The minimum atomic E-state index is -0.639. The third-order valence-electron chi connectivity index (χ3n) is 4.23. The van der Waals surface area contributed by atoms with Crippen LogP contribution in [0.5, 0.6) is 0 Å². The quantitative estimate of drug-likeness (QED) is 0.816. The molecule has 0 aliphatic heterocycles. The van der Waals surface area contributed by atoms with Crippen LogP contribution in [0.4, 0.5) is 0 Å². The van der Waals surface area contributed by atoms with Crippen LogP contribution < -0.4 is 5.73 Å². The molecule has 2 aromatic rings. The van der Waals surface area contributed by atoms with E-state index in [9.17, 15) is 0 Å². The van der Waals surface area contributed by atoms with Gasteiger partial charge >= 0.3 is 0 Å². The zero-order valence-corrected chi connectivity index (χ0v) is 13.0. The third-order valence-corrected chi connectivity index (χ3v) is 4.23. The molecule has 0 fully saturated rings. The average molecular weight is 285 g/mol. The topological polar surface area (TPSA) is 64.9 Å². The lowest BCUT2D eigenvalue weighted by Gasteiger charge is -2.26. The fraction of sp³-hybridized carbons (Fsp3) is 0.529. The largest absolute Gasteiger partial charge is 0.339 e. The maximum Gasteiger partial charge on any atom is 0.232 e. The molecule has 1 unspecified atom stereocenters. The smallest absolute Gasteiger partial charge is 0.232 e. The lowest BCUT2D eigenvalue weighted by atomic mass is 9.84. The normalized spacial score (nSPS) is 22.7. The highest BCUT2D eigenvalue weighted by Gasteiger charge is 2.38. The van der Waals surface area contributed by atoms with Gasteiger partial charge in [-0.05, 0) is 30.4 Å². The molecule has 2 N–H and O–H groups in total. The Bertz CT molecular complexity index is 641. The van der Waals surface area contributed by atoms with E-state index in [1.165, 1.54) is 5.56 Å². The number of aromatic nitrogens is 2. The average Bonchev–Trinajstić information content (AvgIpc) is 2.88. The molecule has 0 radical (unpaired) electrons. The van der Waals surface area contributed by atoms with Crippen LogP contribution in [-0.2, 0) is 17.4 Å². The van der Waals surface area contributed by atoms with Crippen molar-refractivity contribution in [2.45, 2.75) is 57.4 Å². The standard InChI is InChI=1S/C17H23N3O/c1-16(2,3)15-19-14(20-21-15)17(18)11-7-6-9-12-8-4-5-10-13(12)17/h4-5,8,10H,6-7,9,11,18H2,1-3H3. The van der Waals surface area contributed by atoms with Gasteiger partial charge in [-0.1, -0.05) is 56.6 Å². The van der Waals surface area contributed by atoms with Crippen LogP contribution in [0, 0.1) is 0 Å². The van der Waals surface area contributed by atoms with Gasteiger partial charge in [-0.3, -0.25) is 0 Å². The molecule has 1 aromatic heterocycles. The van der Waals surface area contributed by atoms with Gasteiger partial charge in [0.15, 0.2) is 5.82 Å². The number of fused-ring (bicyclic) bond motifs is 1. The number of aryl methyl sites for hydroxylation is 1. The minimum Gasteiger partial charge on any atom is -0.339 e. The van der Waals surface area contributed by atoms with Gasteiger partial charge in [-0.15, -0.1) is 0 Å². The van der Waals surface area contributed by atoms with Crippen molar-refractivity contribution in [3.8, 4) is 0 Å². The van der Waals surface area contributed by atoms with E-state index >= 15 is 0 Å². The van der Waals surface area contributed by atoms with E-state index in [0.717, 1.165) is 31.2 Å². The Hall–Kier alpha value is -1.68. The number of hydrogen-bond donors (Lipinski definition) is 1. The van der Waals surface area contributed by atoms with Crippen molar-refractivity contribution in [3.05, 3.63) is 47.1 Å². The predicted molar refractivity (Wildman–Crippen MR) is 82.0 cm³/mol. The number of hydrogen-bond acceptors (Lipinski definition) is 4.